The average Bonchev–Trinajstić information content (AvgIpc) is 3.23. The normalized spacial score (nSPS) is 21.4. The Morgan fingerprint density at radius 3 is 2.92 bits per heavy atom. The second-order valence-electron chi connectivity index (χ2n) is 7.28. The third-order valence-corrected chi connectivity index (χ3v) is 6.18. The van der Waals surface area contributed by atoms with Crippen molar-refractivity contribution < 1.29 is 4.74 Å². The first-order chi connectivity index (χ1) is 12.7. The van der Waals surface area contributed by atoms with Crippen LogP contribution in [0.1, 0.15) is 49.5 Å². The van der Waals surface area contributed by atoms with Crippen molar-refractivity contribution in [1.29, 1.82) is 0 Å². The van der Waals surface area contributed by atoms with Gasteiger partial charge in [-0.1, -0.05) is 30.9 Å². The van der Waals surface area contributed by atoms with Crippen LogP contribution in [0.25, 0.3) is 16.7 Å². The van der Waals surface area contributed by atoms with E-state index < -0.39 is 0 Å². The Labute approximate surface area is 157 Å². The maximum absolute atomic E-state index is 6.75. The molecule has 5 rings (SSSR count). The zero-order chi connectivity index (χ0) is 17.7. The van der Waals surface area contributed by atoms with Crippen LogP contribution in [0.3, 0.4) is 0 Å². The number of hydrogen-bond donors (Lipinski definition) is 1. The SMILES string of the molecule is COC1NC2(CCCCC2)c2cc(-n3ccc4cncnc43)cc(Cl)c21. The van der Waals surface area contributed by atoms with Gasteiger partial charge in [0.15, 0.2) is 0 Å². The lowest BCUT2D eigenvalue weighted by Gasteiger charge is -2.35. The lowest BCUT2D eigenvalue weighted by atomic mass is 9.77. The van der Waals surface area contributed by atoms with Crippen molar-refractivity contribution in [2.75, 3.05) is 7.11 Å². The van der Waals surface area contributed by atoms with Crippen LogP contribution >= 0.6 is 11.6 Å². The molecule has 1 N–H and O–H groups in total. The van der Waals surface area contributed by atoms with E-state index >= 15 is 0 Å². The molecule has 1 unspecified atom stereocenters. The molecule has 1 aliphatic carbocycles. The maximum atomic E-state index is 6.75. The molecule has 1 atom stereocenters. The third kappa shape index (κ3) is 2.31. The molecular weight excluding hydrogens is 348 g/mol. The van der Waals surface area contributed by atoms with Crippen molar-refractivity contribution >= 4 is 22.6 Å². The summed E-state index contributed by atoms with van der Waals surface area (Å²) < 4.78 is 7.81. The molecule has 0 bridgehead atoms. The van der Waals surface area contributed by atoms with Crippen LogP contribution < -0.4 is 5.32 Å². The Kier molecular flexibility index (Phi) is 3.78. The fourth-order valence-electron chi connectivity index (χ4n) is 4.64. The van der Waals surface area contributed by atoms with E-state index in [1.54, 1.807) is 13.4 Å². The number of aromatic nitrogens is 3. The lowest BCUT2D eigenvalue weighted by Crippen LogP contribution is -2.40. The topological polar surface area (TPSA) is 52.0 Å². The Morgan fingerprint density at radius 2 is 2.12 bits per heavy atom. The van der Waals surface area contributed by atoms with Gasteiger partial charge in [-0.2, -0.15) is 0 Å². The molecule has 3 aromatic rings. The number of hydrogen-bond acceptors (Lipinski definition) is 4. The van der Waals surface area contributed by atoms with Crippen molar-refractivity contribution in [3.05, 3.63) is 53.1 Å². The molecule has 1 spiro atoms. The summed E-state index contributed by atoms with van der Waals surface area (Å²) in [4.78, 5) is 8.55. The quantitative estimate of drug-likeness (QED) is 0.724. The highest BCUT2D eigenvalue weighted by Gasteiger charge is 2.45. The largest absolute Gasteiger partial charge is 0.362 e. The van der Waals surface area contributed by atoms with Gasteiger partial charge in [0.05, 0.1) is 5.02 Å². The lowest BCUT2D eigenvalue weighted by molar-refractivity contribution is 0.0496. The van der Waals surface area contributed by atoms with E-state index in [-0.39, 0.29) is 11.8 Å². The van der Waals surface area contributed by atoms with Crippen molar-refractivity contribution in [2.24, 2.45) is 0 Å². The predicted molar refractivity (Wildman–Crippen MR) is 102 cm³/mol. The average molecular weight is 369 g/mol. The molecule has 0 radical (unpaired) electrons. The fraction of sp³-hybridized carbons (Fsp3) is 0.400. The standard InChI is InChI=1S/C20H21ClN4O/c1-26-19-17-15(20(24-19)6-3-2-4-7-20)9-14(10-16(17)21)25-8-5-13-11-22-12-23-18(13)25/h5,8-12,19,24H,2-4,6-7H2,1H3. The highest BCUT2D eigenvalue weighted by atomic mass is 35.5. The van der Waals surface area contributed by atoms with Crippen molar-refractivity contribution in [3.63, 3.8) is 0 Å². The fourth-order valence-corrected chi connectivity index (χ4v) is 4.95. The zero-order valence-corrected chi connectivity index (χ0v) is 15.5. The van der Waals surface area contributed by atoms with Gasteiger partial charge in [0.25, 0.3) is 0 Å². The molecule has 0 saturated heterocycles. The molecule has 0 amide bonds. The second kappa shape index (κ2) is 6.05. The minimum Gasteiger partial charge on any atom is -0.362 e. The Hall–Kier alpha value is -1.95. The Morgan fingerprint density at radius 1 is 1.27 bits per heavy atom. The van der Waals surface area contributed by atoms with Gasteiger partial charge in [-0.3, -0.25) is 5.32 Å². The van der Waals surface area contributed by atoms with E-state index in [1.165, 1.54) is 24.8 Å². The summed E-state index contributed by atoms with van der Waals surface area (Å²) >= 11 is 6.75. The third-order valence-electron chi connectivity index (χ3n) is 5.87. The molecule has 1 fully saturated rings. The van der Waals surface area contributed by atoms with Gasteiger partial charge in [0.2, 0.25) is 0 Å². The molecule has 2 aliphatic rings. The van der Waals surface area contributed by atoms with Crippen LogP contribution in [0.5, 0.6) is 0 Å². The highest BCUT2D eigenvalue weighted by Crippen LogP contribution is 2.49. The molecular formula is C20H21ClN4O. The number of nitrogens with zero attached hydrogens (tertiary/aromatic N) is 3. The van der Waals surface area contributed by atoms with Gasteiger partial charge in [-0.15, -0.1) is 0 Å². The van der Waals surface area contributed by atoms with Crippen LogP contribution in [0.15, 0.2) is 36.9 Å². The summed E-state index contributed by atoms with van der Waals surface area (Å²) in [6, 6.07) is 6.31. The first-order valence-electron chi connectivity index (χ1n) is 9.14. The Bertz CT molecular complexity index is 977. The summed E-state index contributed by atoms with van der Waals surface area (Å²) in [5.41, 5.74) is 4.26. The molecule has 1 saturated carbocycles. The number of halogens is 1. The van der Waals surface area contributed by atoms with Gasteiger partial charge >= 0.3 is 0 Å². The molecule has 6 heteroatoms. The van der Waals surface area contributed by atoms with Gasteiger partial charge in [-0.05, 0) is 36.6 Å². The summed E-state index contributed by atoms with van der Waals surface area (Å²) in [6.45, 7) is 0. The van der Waals surface area contributed by atoms with E-state index in [4.69, 9.17) is 16.3 Å². The number of benzene rings is 1. The van der Waals surface area contributed by atoms with Crippen molar-refractivity contribution in [2.45, 2.75) is 43.9 Å². The van der Waals surface area contributed by atoms with Gasteiger partial charge in [0.1, 0.15) is 18.2 Å². The van der Waals surface area contributed by atoms with E-state index in [2.05, 4.69) is 25.9 Å². The molecule has 1 aliphatic heterocycles. The van der Waals surface area contributed by atoms with Crippen molar-refractivity contribution in [3.8, 4) is 5.69 Å². The second-order valence-corrected chi connectivity index (χ2v) is 7.69. The smallest absolute Gasteiger partial charge is 0.147 e. The number of ether oxygens (including phenoxy) is 1. The molecule has 26 heavy (non-hydrogen) atoms. The summed E-state index contributed by atoms with van der Waals surface area (Å²) in [5.74, 6) is 0. The van der Waals surface area contributed by atoms with E-state index in [9.17, 15) is 0 Å². The van der Waals surface area contributed by atoms with Crippen LogP contribution in [0, 0.1) is 0 Å². The van der Waals surface area contributed by atoms with E-state index in [0.29, 0.717) is 0 Å². The first kappa shape index (κ1) is 16.2. The number of rotatable bonds is 2. The van der Waals surface area contributed by atoms with Crippen LogP contribution in [-0.4, -0.2) is 21.6 Å². The predicted octanol–water partition coefficient (Wildman–Crippen LogP) is 4.48. The molecule has 3 heterocycles. The number of methoxy groups -OCH3 is 1. The van der Waals surface area contributed by atoms with Crippen LogP contribution in [0.4, 0.5) is 0 Å². The number of fused-ring (bicyclic) bond motifs is 3. The molecule has 2 aromatic heterocycles. The zero-order valence-electron chi connectivity index (χ0n) is 14.7. The first-order valence-corrected chi connectivity index (χ1v) is 9.51. The minimum absolute atomic E-state index is 0.0359. The monoisotopic (exact) mass is 368 g/mol. The van der Waals surface area contributed by atoms with E-state index in [0.717, 1.165) is 40.1 Å². The summed E-state index contributed by atoms with van der Waals surface area (Å²) in [6.07, 6.45) is 11.3. The maximum Gasteiger partial charge on any atom is 0.147 e. The minimum atomic E-state index is -0.145. The molecule has 5 nitrogen and oxygen atoms in total. The Balaban J connectivity index is 1.71. The number of nitrogens with one attached hydrogen (secondary N) is 1. The van der Waals surface area contributed by atoms with Crippen LogP contribution in [0.2, 0.25) is 5.02 Å². The summed E-state index contributed by atoms with van der Waals surface area (Å²) in [7, 11) is 1.74. The summed E-state index contributed by atoms with van der Waals surface area (Å²) in [5, 5.41) is 5.49. The van der Waals surface area contributed by atoms with Gasteiger partial charge in [-0.25, -0.2) is 9.97 Å². The van der Waals surface area contributed by atoms with Gasteiger partial charge < -0.3 is 9.30 Å². The van der Waals surface area contributed by atoms with E-state index in [1.807, 2.05) is 24.5 Å². The van der Waals surface area contributed by atoms with Crippen LogP contribution in [-0.2, 0) is 10.3 Å². The molecule has 134 valence electrons. The van der Waals surface area contributed by atoms with Crippen molar-refractivity contribution in [1.82, 2.24) is 19.9 Å². The van der Waals surface area contributed by atoms with Gasteiger partial charge in [0, 0.05) is 41.7 Å². The molecule has 1 aromatic carbocycles. The highest BCUT2D eigenvalue weighted by molar-refractivity contribution is 6.31.